The molecule has 1 aromatic heterocycles. The second-order valence-corrected chi connectivity index (χ2v) is 10.4. The van der Waals surface area contributed by atoms with E-state index in [0.717, 1.165) is 16.3 Å². The molecule has 1 unspecified atom stereocenters. The highest BCUT2D eigenvalue weighted by Crippen LogP contribution is 2.41. The van der Waals surface area contributed by atoms with Crippen LogP contribution >= 0.6 is 39.1 Å². The molecule has 3 aromatic rings. The first kappa shape index (κ1) is 20.4. The fourth-order valence-electron chi connectivity index (χ4n) is 3.36. The van der Waals surface area contributed by atoms with Crippen molar-refractivity contribution in [2.24, 2.45) is 0 Å². The highest BCUT2D eigenvalue weighted by Gasteiger charge is 2.42. The topological polar surface area (TPSA) is 72.3 Å². The Morgan fingerprint density at radius 1 is 1.10 bits per heavy atom. The maximum absolute atomic E-state index is 13.4. The van der Waals surface area contributed by atoms with Crippen molar-refractivity contribution in [3.8, 4) is 0 Å². The number of anilines is 2. The fraction of sp³-hybridized carbons (Fsp3) is 0.158. The van der Waals surface area contributed by atoms with Gasteiger partial charge in [-0.2, -0.15) is 0 Å². The molecule has 0 bridgehead atoms. The van der Waals surface area contributed by atoms with Crippen LogP contribution in [0, 0.1) is 0 Å². The first-order chi connectivity index (χ1) is 13.6. The van der Waals surface area contributed by atoms with E-state index in [1.807, 2.05) is 24.3 Å². The minimum absolute atomic E-state index is 0.0152. The monoisotopic (exact) mass is 513 g/mol. The number of aromatic nitrogens is 2. The van der Waals surface area contributed by atoms with Crippen molar-refractivity contribution in [1.82, 2.24) is 9.55 Å². The second-order valence-electron chi connectivity index (χ2n) is 6.69. The first-order valence-electron chi connectivity index (χ1n) is 8.47. The number of hydrogen-bond donors (Lipinski definition) is 0. The Labute approximate surface area is 186 Å². The van der Waals surface area contributed by atoms with Crippen molar-refractivity contribution in [1.29, 1.82) is 0 Å². The van der Waals surface area contributed by atoms with Crippen LogP contribution in [0.2, 0.25) is 10.0 Å². The van der Waals surface area contributed by atoms with Crippen LogP contribution in [0.4, 0.5) is 11.6 Å². The van der Waals surface area contributed by atoms with Crippen LogP contribution < -0.4 is 4.90 Å². The normalized spacial score (nSPS) is 16.3. The van der Waals surface area contributed by atoms with Gasteiger partial charge in [0.25, 0.3) is 5.91 Å². The Morgan fingerprint density at radius 2 is 1.72 bits per heavy atom. The van der Waals surface area contributed by atoms with Crippen LogP contribution in [0.25, 0.3) is 0 Å². The van der Waals surface area contributed by atoms with Gasteiger partial charge < -0.3 is 0 Å². The lowest BCUT2D eigenvalue weighted by atomic mass is 10.1. The van der Waals surface area contributed by atoms with Gasteiger partial charge in [-0.3, -0.25) is 9.36 Å². The SMILES string of the molecule is CS(=O)(=O)c1cnc2n1C(Cc1ccc(Br)cc1)C(=O)N2c1cc(Cl)cc(Cl)c1. The zero-order valence-corrected chi connectivity index (χ0v) is 18.9. The van der Waals surface area contributed by atoms with E-state index in [1.165, 1.54) is 15.7 Å². The summed E-state index contributed by atoms with van der Waals surface area (Å²) >= 11 is 15.6. The molecule has 0 aliphatic carbocycles. The molecule has 150 valence electrons. The summed E-state index contributed by atoms with van der Waals surface area (Å²) in [7, 11) is -3.60. The van der Waals surface area contributed by atoms with Gasteiger partial charge in [0.1, 0.15) is 6.04 Å². The molecule has 10 heteroatoms. The number of halogens is 3. The van der Waals surface area contributed by atoms with Crippen molar-refractivity contribution in [3.63, 3.8) is 0 Å². The third-order valence-corrected chi connectivity index (χ3v) is 6.62. The molecule has 1 aliphatic rings. The molecule has 0 N–H and O–H groups in total. The maximum atomic E-state index is 13.4. The van der Waals surface area contributed by atoms with Gasteiger partial charge in [0.2, 0.25) is 5.95 Å². The van der Waals surface area contributed by atoms with Gasteiger partial charge in [0.05, 0.1) is 11.9 Å². The van der Waals surface area contributed by atoms with Gasteiger partial charge in [-0.15, -0.1) is 0 Å². The summed E-state index contributed by atoms with van der Waals surface area (Å²) in [5.41, 5.74) is 1.31. The Bertz CT molecular complexity index is 1210. The molecule has 2 heterocycles. The molecule has 0 saturated carbocycles. The minimum Gasteiger partial charge on any atom is -0.288 e. The number of carbonyl (C=O) groups is 1. The van der Waals surface area contributed by atoms with Crippen molar-refractivity contribution in [3.05, 3.63) is 68.7 Å². The van der Waals surface area contributed by atoms with Crippen LogP contribution in [0.15, 0.2) is 58.2 Å². The summed E-state index contributed by atoms with van der Waals surface area (Å²) in [4.78, 5) is 19.0. The number of imidazole rings is 1. The lowest BCUT2D eigenvalue weighted by Crippen LogP contribution is -2.27. The van der Waals surface area contributed by atoms with Gasteiger partial charge >= 0.3 is 0 Å². The summed E-state index contributed by atoms with van der Waals surface area (Å²) in [6, 6.07) is 11.5. The molecule has 2 aromatic carbocycles. The third kappa shape index (κ3) is 3.82. The van der Waals surface area contributed by atoms with Crippen LogP contribution in [0.5, 0.6) is 0 Å². The van der Waals surface area contributed by atoms with E-state index in [0.29, 0.717) is 22.2 Å². The molecule has 6 nitrogen and oxygen atoms in total. The van der Waals surface area contributed by atoms with E-state index >= 15 is 0 Å². The Morgan fingerprint density at radius 3 is 2.31 bits per heavy atom. The lowest BCUT2D eigenvalue weighted by Gasteiger charge is -2.16. The summed E-state index contributed by atoms with van der Waals surface area (Å²) in [5.74, 6) is -0.0878. The molecular weight excluding hydrogens is 501 g/mol. The van der Waals surface area contributed by atoms with E-state index < -0.39 is 15.9 Å². The summed E-state index contributed by atoms with van der Waals surface area (Å²) < 4.78 is 27.0. The van der Waals surface area contributed by atoms with Crippen LogP contribution in [-0.2, 0) is 21.1 Å². The number of carbonyl (C=O) groups excluding carboxylic acids is 1. The van der Waals surface area contributed by atoms with Crippen LogP contribution in [-0.4, -0.2) is 30.1 Å². The summed E-state index contributed by atoms with van der Waals surface area (Å²) in [6.07, 6.45) is 2.67. The number of hydrogen-bond acceptors (Lipinski definition) is 4. The highest BCUT2D eigenvalue weighted by molar-refractivity contribution is 9.10. The molecule has 1 atom stereocenters. The van der Waals surface area contributed by atoms with E-state index in [-0.39, 0.29) is 16.9 Å². The molecule has 0 radical (unpaired) electrons. The van der Waals surface area contributed by atoms with Crippen molar-refractivity contribution in [2.45, 2.75) is 17.5 Å². The Kier molecular flexibility index (Phi) is 5.23. The molecule has 1 aliphatic heterocycles. The van der Waals surface area contributed by atoms with Crippen molar-refractivity contribution < 1.29 is 13.2 Å². The number of sulfone groups is 1. The van der Waals surface area contributed by atoms with Crippen LogP contribution in [0.3, 0.4) is 0 Å². The van der Waals surface area contributed by atoms with Crippen LogP contribution in [0.1, 0.15) is 11.6 Å². The smallest absolute Gasteiger partial charge is 0.257 e. The number of amides is 1. The average Bonchev–Trinajstić information content (AvgIpc) is 3.15. The minimum atomic E-state index is -3.60. The van der Waals surface area contributed by atoms with E-state index in [1.54, 1.807) is 18.2 Å². The number of rotatable bonds is 4. The maximum Gasteiger partial charge on any atom is 0.257 e. The van der Waals surface area contributed by atoms with Crippen molar-refractivity contribution >= 4 is 66.5 Å². The molecule has 4 rings (SSSR count). The summed E-state index contributed by atoms with van der Waals surface area (Å²) in [6.45, 7) is 0. The molecule has 0 spiro atoms. The average molecular weight is 515 g/mol. The summed E-state index contributed by atoms with van der Waals surface area (Å²) in [5, 5.41) is 0.704. The Hall–Kier alpha value is -1.87. The highest BCUT2D eigenvalue weighted by atomic mass is 79.9. The molecular formula is C19H14BrCl2N3O3S. The molecule has 29 heavy (non-hydrogen) atoms. The molecule has 0 fully saturated rings. The second kappa shape index (κ2) is 7.43. The van der Waals surface area contributed by atoms with Gasteiger partial charge in [0, 0.05) is 27.2 Å². The fourth-order valence-corrected chi connectivity index (χ4v) is 4.95. The number of benzene rings is 2. The molecule has 1 amide bonds. The zero-order valence-electron chi connectivity index (χ0n) is 15.0. The predicted octanol–water partition coefficient (Wildman–Crippen LogP) is 4.82. The third-order valence-electron chi connectivity index (χ3n) is 4.59. The van der Waals surface area contributed by atoms with Crippen molar-refractivity contribution in [2.75, 3.05) is 11.2 Å². The zero-order chi connectivity index (χ0) is 20.9. The van der Waals surface area contributed by atoms with Gasteiger partial charge in [-0.25, -0.2) is 18.3 Å². The first-order valence-corrected chi connectivity index (χ1v) is 11.9. The van der Waals surface area contributed by atoms with E-state index in [2.05, 4.69) is 20.9 Å². The van der Waals surface area contributed by atoms with Gasteiger partial charge in [-0.1, -0.05) is 51.3 Å². The number of fused-ring (bicyclic) bond motifs is 1. The number of nitrogens with zero attached hydrogens (tertiary/aromatic N) is 3. The lowest BCUT2D eigenvalue weighted by molar-refractivity contribution is -0.119. The predicted molar refractivity (Wildman–Crippen MR) is 116 cm³/mol. The van der Waals surface area contributed by atoms with Gasteiger partial charge in [-0.05, 0) is 35.9 Å². The standard InChI is InChI=1S/C19H14BrCl2N3O3S/c1-29(27,28)17-10-23-19-24(15-8-13(21)7-14(22)9-15)18(26)16(25(17)19)6-11-2-4-12(20)5-3-11/h2-5,7-10,16H,6H2,1H3. The van der Waals surface area contributed by atoms with Gasteiger partial charge in [0.15, 0.2) is 14.9 Å². The largest absolute Gasteiger partial charge is 0.288 e. The Balaban J connectivity index is 1.86. The molecule has 0 saturated heterocycles. The van der Waals surface area contributed by atoms with E-state index in [9.17, 15) is 13.2 Å². The van der Waals surface area contributed by atoms with E-state index in [4.69, 9.17) is 23.2 Å². The quantitative estimate of drug-likeness (QED) is 0.500.